The molecule has 3 aliphatic rings. The zero-order chi connectivity index (χ0) is 78.6. The van der Waals surface area contributed by atoms with E-state index in [1.165, 1.54) is 106 Å². The fourth-order valence-electron chi connectivity index (χ4n) is 13.9. The van der Waals surface area contributed by atoms with Gasteiger partial charge in [-0.3, -0.25) is 57.5 Å². The highest BCUT2D eigenvalue weighted by molar-refractivity contribution is 9.10. The van der Waals surface area contributed by atoms with Gasteiger partial charge in [0, 0.05) is 87.3 Å². The molecule has 2 aliphatic heterocycles. The molecule has 0 aromatic heterocycles. The second kappa shape index (κ2) is 36.9. The smallest absolute Gasteiger partial charge is 0.347 e. The summed E-state index contributed by atoms with van der Waals surface area (Å²) in [6.45, 7) is 13.6. The lowest BCUT2D eigenvalue weighted by Crippen LogP contribution is -2.65. The molecule has 105 heavy (non-hydrogen) atoms. The van der Waals surface area contributed by atoms with Crippen LogP contribution in [-0.2, 0) is 83.0 Å². The molecule has 0 bridgehead atoms. The van der Waals surface area contributed by atoms with Crippen LogP contribution in [0.5, 0.6) is 0 Å². The number of alkyl halides is 3. The zero-order valence-electron chi connectivity index (χ0n) is 63.7. The maximum atomic E-state index is 15.7. The average Bonchev–Trinajstić information content (AvgIpc) is 1.71. The van der Waals surface area contributed by atoms with Gasteiger partial charge in [0.25, 0.3) is 0 Å². The van der Waals surface area contributed by atoms with E-state index in [2.05, 4.69) is 31.9 Å². The van der Waals surface area contributed by atoms with Crippen molar-refractivity contribution in [2.45, 2.75) is 205 Å². The largest absolute Gasteiger partial charge is 0.417 e. The molecular weight excluding hydrogens is 1450 g/mol. The number of aryl methyl sites for hydroxylation is 2. The van der Waals surface area contributed by atoms with Crippen LogP contribution in [0.15, 0.2) is 71.2 Å². The molecule has 3 aromatic rings. The summed E-state index contributed by atoms with van der Waals surface area (Å²) < 4.78 is 42.7. The van der Waals surface area contributed by atoms with Gasteiger partial charge in [0.2, 0.25) is 70.9 Å². The van der Waals surface area contributed by atoms with E-state index >= 15 is 24.0 Å². The minimum Gasteiger partial charge on any atom is -0.347 e. The number of benzene rings is 3. The first-order valence-corrected chi connectivity index (χ1v) is 37.2. The van der Waals surface area contributed by atoms with Crippen molar-refractivity contribution in [2.24, 2.45) is 17.8 Å². The van der Waals surface area contributed by atoms with Crippen LogP contribution in [0, 0.1) is 24.7 Å². The molecule has 11 atom stereocenters. The summed E-state index contributed by atoms with van der Waals surface area (Å²) in [6.07, 6.45) is -4.05. The second-order valence-electron chi connectivity index (χ2n) is 29.5. The fourth-order valence-corrected chi connectivity index (χ4v) is 14.5. The first kappa shape index (κ1) is 85.8. The van der Waals surface area contributed by atoms with Gasteiger partial charge in [0.15, 0.2) is 0 Å². The minimum absolute atomic E-state index is 0.0660. The van der Waals surface area contributed by atoms with Gasteiger partial charge in [-0.1, -0.05) is 143 Å². The molecule has 1 saturated carbocycles. The molecule has 24 nitrogen and oxygen atoms in total. The molecule has 3 fully saturated rings. The van der Waals surface area contributed by atoms with Crippen molar-refractivity contribution in [1.29, 1.82) is 0 Å². The lowest BCUT2D eigenvalue weighted by molar-refractivity contribution is -0.160. The van der Waals surface area contributed by atoms with Crippen LogP contribution in [-0.4, -0.2) is 251 Å². The lowest BCUT2D eigenvalue weighted by Gasteiger charge is -2.45. The third kappa shape index (κ3) is 20.9. The van der Waals surface area contributed by atoms with Gasteiger partial charge in [0.05, 0.1) is 23.6 Å². The third-order valence-corrected chi connectivity index (χ3v) is 22.2. The van der Waals surface area contributed by atoms with Crippen LogP contribution in [0.1, 0.15) is 140 Å². The summed E-state index contributed by atoms with van der Waals surface area (Å²) >= 11 is 9.65. The van der Waals surface area contributed by atoms with Gasteiger partial charge in [-0.2, -0.15) is 13.2 Å². The van der Waals surface area contributed by atoms with Gasteiger partial charge in [-0.15, -0.1) is 0 Å². The predicted octanol–water partition coefficient (Wildman–Crippen LogP) is 6.92. The Morgan fingerprint density at radius 3 is 1.75 bits per heavy atom. The average molecular weight is 1550 g/mol. The van der Waals surface area contributed by atoms with Crippen LogP contribution in [0.25, 0.3) is 0 Å². The molecule has 0 radical (unpaired) electrons. The number of hydrogen-bond donors (Lipinski definition) is 3. The maximum Gasteiger partial charge on any atom is 0.417 e. The van der Waals surface area contributed by atoms with Gasteiger partial charge >= 0.3 is 6.18 Å². The Balaban J connectivity index is 1.51. The van der Waals surface area contributed by atoms with Crippen LogP contribution < -0.4 is 16.0 Å². The van der Waals surface area contributed by atoms with Crippen molar-refractivity contribution in [2.75, 3.05) is 76.5 Å². The molecule has 3 aromatic carbocycles. The molecule has 3 N–H and O–H groups in total. The number of halogens is 5. The molecule has 578 valence electrons. The summed E-state index contributed by atoms with van der Waals surface area (Å²) in [4.78, 5) is 192. The molecule has 6 rings (SSSR count). The van der Waals surface area contributed by atoms with Crippen molar-refractivity contribution in [3.63, 3.8) is 0 Å². The fraction of sp³-hybridized carbons (Fsp3) is 0.605. The quantitative estimate of drug-likeness (QED) is 0.149. The van der Waals surface area contributed by atoms with Crippen molar-refractivity contribution in [3.05, 3.63) is 104 Å². The predicted molar refractivity (Wildman–Crippen MR) is 395 cm³/mol. The molecular formula is C76H107BrClF3N12O12. The first-order valence-electron chi connectivity index (χ1n) is 36.0. The highest BCUT2D eigenvalue weighted by Crippen LogP contribution is 2.37. The Morgan fingerprint density at radius 1 is 0.657 bits per heavy atom. The summed E-state index contributed by atoms with van der Waals surface area (Å²) in [7, 11) is 12.6. The molecule has 2 heterocycles. The topological polar surface area (TPSA) is 270 Å². The van der Waals surface area contributed by atoms with E-state index in [1.807, 2.05) is 46.8 Å². The number of likely N-dealkylation sites (N-methyl/N-ethyl adjacent to an activating group) is 8. The Labute approximate surface area is 629 Å². The lowest BCUT2D eigenvalue weighted by atomic mass is 9.90. The summed E-state index contributed by atoms with van der Waals surface area (Å²) in [6, 6.07) is 5.28. The molecule has 12 amide bonds. The number of carbonyl (C=O) groups excluding carboxylic acids is 12. The number of nitrogens with one attached hydrogen (secondary N) is 3. The summed E-state index contributed by atoms with van der Waals surface area (Å²) in [5, 5.41) is 8.08. The van der Waals surface area contributed by atoms with Crippen LogP contribution in [0.4, 0.5) is 13.2 Å². The van der Waals surface area contributed by atoms with E-state index in [1.54, 1.807) is 50.2 Å². The van der Waals surface area contributed by atoms with Crippen molar-refractivity contribution in [3.8, 4) is 0 Å². The second-order valence-corrected chi connectivity index (χ2v) is 30.8. The number of hydrogen-bond acceptors (Lipinski definition) is 12. The van der Waals surface area contributed by atoms with Gasteiger partial charge in [-0.05, 0) is 111 Å². The Hall–Kier alpha value is -8.14. The SMILES string of the molecule is CC[C@H](C)[C@@H]1NC(=O)[C@H](CC(C)C)N(C)C(=O)C[C@@H](C(=O)N(C)C)N(C)C(=O)[C@H]([C@@H](C)CC)N(C)C(=O)C2(CCCC2)NC(=O)[C@H](Cc2ccc(Br)cc2)N(C)C(=O)[C@H](CCc2ccc(C(F)(F)F)c(Cl)c2)NC(=O)CN(C)C(=O)[C@H](Cc2ccc(C)cc2)N(C)C(=O)[C@@H]2CCN2C(=O)[C@H](C)N(C)C1=O. The van der Waals surface area contributed by atoms with Crippen molar-refractivity contribution >= 4 is 98.4 Å². The van der Waals surface area contributed by atoms with E-state index in [-0.39, 0.29) is 69.4 Å². The Morgan fingerprint density at radius 2 is 1.22 bits per heavy atom. The number of amides is 12. The van der Waals surface area contributed by atoms with E-state index in [0.29, 0.717) is 41.3 Å². The van der Waals surface area contributed by atoms with Gasteiger partial charge in [0.1, 0.15) is 59.9 Å². The van der Waals surface area contributed by atoms with E-state index < -0.39 is 172 Å². The van der Waals surface area contributed by atoms with E-state index in [9.17, 15) is 46.7 Å². The molecule has 2 saturated heterocycles. The number of rotatable bonds is 14. The number of carbonyl (C=O) groups is 12. The molecule has 0 unspecified atom stereocenters. The van der Waals surface area contributed by atoms with Crippen molar-refractivity contribution in [1.82, 2.24) is 60.0 Å². The Bertz CT molecular complexity index is 3650. The minimum atomic E-state index is -4.80. The van der Waals surface area contributed by atoms with Crippen LogP contribution >= 0.6 is 27.5 Å². The number of nitrogens with zero attached hydrogens (tertiary/aromatic N) is 9. The molecule has 29 heteroatoms. The normalized spacial score (nSPS) is 24.8. The molecule has 1 spiro atoms. The standard InChI is InChI=1S/C76H107BrClF3N12O12/c1-18-46(6)63-72(103)87(12)48(8)67(98)93-37-34-56(93)71(102)90(15)59(41-50-24-22-45(5)23-25-50)70(101)86(11)43-61(94)82-55(33-29-49-28-32-53(54(78)39-49)76(79,80)81)68(99)89(14)58(40-51-26-30-52(77)31-27-51)66(97)84-75(35-20-21-36-75)74(105)92(17)64(47(7)19-2)73(104)91(16)60(69(100)85(9)10)42-62(95)88(13)57(38-44(3)4)65(96)83-63/h22-28,30-32,39,44,46-48,55-60,63-64H,18-21,29,33-38,40-43H2,1-17H3,(H,82,94)(H,83,96)(H,84,97)/t46-,47-,48-,55-,56-,57-,58-,59-,60-,63-,64-/m0/s1. The molecule has 1 aliphatic carbocycles. The summed E-state index contributed by atoms with van der Waals surface area (Å²) in [5.74, 6) is -9.95. The number of fused-ring (bicyclic) bond motifs is 1. The summed E-state index contributed by atoms with van der Waals surface area (Å²) in [5.41, 5.74) is -0.447. The highest BCUT2D eigenvalue weighted by Gasteiger charge is 2.51. The zero-order valence-corrected chi connectivity index (χ0v) is 66.0. The van der Waals surface area contributed by atoms with Gasteiger partial charge < -0.3 is 60.0 Å². The first-order chi connectivity index (χ1) is 49.1. The van der Waals surface area contributed by atoms with E-state index in [4.69, 9.17) is 11.6 Å². The van der Waals surface area contributed by atoms with E-state index in [0.717, 1.165) is 32.4 Å². The maximum absolute atomic E-state index is 15.7. The monoisotopic (exact) mass is 1550 g/mol. The van der Waals surface area contributed by atoms with Crippen molar-refractivity contribution < 1.29 is 70.7 Å². The highest BCUT2D eigenvalue weighted by atomic mass is 79.9. The van der Waals surface area contributed by atoms with Crippen LogP contribution in [0.3, 0.4) is 0 Å². The van der Waals surface area contributed by atoms with Gasteiger partial charge in [-0.25, -0.2) is 0 Å². The van der Waals surface area contributed by atoms with Crippen LogP contribution in [0.2, 0.25) is 5.02 Å². The third-order valence-electron chi connectivity index (χ3n) is 21.4. The Kier molecular flexibility index (Phi) is 30.2.